The summed E-state index contributed by atoms with van der Waals surface area (Å²) in [7, 11) is 0. The van der Waals surface area contributed by atoms with Crippen LogP contribution in [-0.2, 0) is 28.6 Å². The lowest BCUT2D eigenvalue weighted by Gasteiger charge is -2.42. The first kappa shape index (κ1) is 49.1. The number of amidine groups is 1. The van der Waals surface area contributed by atoms with Gasteiger partial charge in [0.25, 0.3) is 0 Å². The van der Waals surface area contributed by atoms with E-state index >= 15 is 0 Å². The molecule has 0 radical (unpaired) electrons. The Labute approximate surface area is 412 Å². The lowest BCUT2D eigenvalue weighted by Crippen LogP contribution is -2.32. The second-order valence-electron chi connectivity index (χ2n) is 21.6. The number of benzene rings is 6. The third kappa shape index (κ3) is 9.67. The SMILES string of the molecule is Cc1ccc2c(c1)C(C)(C)c1cc(C)c(Oc3cc(C4=N[C@H](C(c5ccccc5)c5ccccc5)CN4c4cc(C(F)(F)F)cc(C(F)(F)F)c4)cc(C(C)(C)C)c3)cc1N2c1cc(C(C)(C)C)ccn1. The molecule has 9 rings (SSSR count). The van der Waals surface area contributed by atoms with E-state index in [1.165, 1.54) is 4.90 Å². The van der Waals surface area contributed by atoms with Crippen molar-refractivity contribution in [2.24, 2.45) is 4.99 Å². The van der Waals surface area contributed by atoms with Crippen LogP contribution in [0.15, 0.2) is 151 Å². The molecule has 1 aromatic heterocycles. The maximum absolute atomic E-state index is 14.6. The molecule has 7 aromatic rings. The van der Waals surface area contributed by atoms with Crippen LogP contribution < -0.4 is 14.5 Å². The van der Waals surface area contributed by atoms with Crippen LogP contribution >= 0.6 is 0 Å². The molecule has 6 aromatic carbocycles. The van der Waals surface area contributed by atoms with Crippen LogP contribution in [0.25, 0.3) is 0 Å². The second kappa shape index (κ2) is 17.8. The van der Waals surface area contributed by atoms with Gasteiger partial charge in [-0.05, 0) is 124 Å². The molecule has 1 atom stereocenters. The minimum absolute atomic E-state index is 0.0146. The molecule has 366 valence electrons. The molecule has 0 aliphatic carbocycles. The van der Waals surface area contributed by atoms with Crippen LogP contribution in [0, 0.1) is 13.8 Å². The molecular weight excluding hydrogens is 907 g/mol. The van der Waals surface area contributed by atoms with Crippen LogP contribution in [0.5, 0.6) is 11.5 Å². The van der Waals surface area contributed by atoms with Gasteiger partial charge in [-0.1, -0.05) is 134 Å². The fourth-order valence-corrected chi connectivity index (χ4v) is 9.93. The molecule has 0 fully saturated rings. The van der Waals surface area contributed by atoms with Gasteiger partial charge < -0.3 is 9.64 Å². The smallest absolute Gasteiger partial charge is 0.416 e. The van der Waals surface area contributed by atoms with Gasteiger partial charge in [-0.3, -0.25) is 9.89 Å². The van der Waals surface area contributed by atoms with Crippen LogP contribution in [0.3, 0.4) is 0 Å². The van der Waals surface area contributed by atoms with Crippen molar-refractivity contribution in [3.8, 4) is 11.5 Å². The fourth-order valence-electron chi connectivity index (χ4n) is 9.93. The lowest BCUT2D eigenvalue weighted by atomic mass is 9.72. The summed E-state index contributed by atoms with van der Waals surface area (Å²) in [5, 5.41) is 0. The summed E-state index contributed by atoms with van der Waals surface area (Å²) in [5.74, 6) is 1.57. The molecule has 0 saturated heterocycles. The Balaban J connectivity index is 1.23. The van der Waals surface area contributed by atoms with E-state index in [2.05, 4.69) is 76.8 Å². The highest BCUT2D eigenvalue weighted by atomic mass is 19.4. The summed E-state index contributed by atoms with van der Waals surface area (Å²) in [4.78, 5) is 14.0. The number of hydrogen-bond acceptors (Lipinski definition) is 5. The summed E-state index contributed by atoms with van der Waals surface area (Å²) in [6.45, 7) is 21.2. The molecule has 0 amide bonds. The number of aromatic nitrogens is 1. The van der Waals surface area contributed by atoms with E-state index in [0.29, 0.717) is 17.1 Å². The van der Waals surface area contributed by atoms with Crippen LogP contribution in [-0.4, -0.2) is 23.4 Å². The third-order valence-electron chi connectivity index (χ3n) is 13.9. The van der Waals surface area contributed by atoms with Crippen molar-refractivity contribution in [2.75, 3.05) is 16.3 Å². The van der Waals surface area contributed by atoms with Crippen molar-refractivity contribution in [1.29, 1.82) is 0 Å². The monoisotopic (exact) mass is 964 g/mol. The summed E-state index contributed by atoms with van der Waals surface area (Å²) in [6.07, 6.45) is -8.26. The van der Waals surface area contributed by atoms with Gasteiger partial charge in [-0.2, -0.15) is 26.3 Å². The Kier molecular flexibility index (Phi) is 12.3. The molecule has 3 heterocycles. The quantitative estimate of drug-likeness (QED) is 0.142. The predicted octanol–water partition coefficient (Wildman–Crippen LogP) is 16.7. The van der Waals surface area contributed by atoms with Crippen molar-refractivity contribution < 1.29 is 31.1 Å². The van der Waals surface area contributed by atoms with Gasteiger partial charge in [-0.25, -0.2) is 4.98 Å². The van der Waals surface area contributed by atoms with Crippen molar-refractivity contribution in [3.05, 3.63) is 207 Å². The fraction of sp³-hybridized carbons (Fsp3) is 0.300. The van der Waals surface area contributed by atoms with E-state index in [1.54, 1.807) is 6.07 Å². The van der Waals surface area contributed by atoms with E-state index in [0.717, 1.165) is 73.8 Å². The average Bonchev–Trinajstić information content (AvgIpc) is 3.74. The van der Waals surface area contributed by atoms with Gasteiger partial charge >= 0.3 is 12.4 Å². The zero-order valence-corrected chi connectivity index (χ0v) is 41.7. The standard InChI is InChI=1S/C60H58F6N4O/c1-36-21-22-50-47(25-36)58(9,10)48-26-37(2)52(34-51(48)70(50)53-33-41(23-24-67-53)56(3,4)5)71-46-28-40(27-42(32-46)57(6,7)8)55-68-49(54(38-17-13-11-14-18-38)39-19-15-12-16-20-39)35-69(55)45-30-43(59(61,62)63)29-44(31-45)60(64,65)66/h11-34,49,54H,35H2,1-10H3/t49-/m0/s1. The number of nitrogens with zero attached hydrogens (tertiary/aromatic N) is 4. The molecular formula is C60H58F6N4O. The zero-order chi connectivity index (χ0) is 51.0. The van der Waals surface area contributed by atoms with Crippen LogP contribution in [0.2, 0.25) is 0 Å². The number of rotatable bonds is 8. The number of fused-ring (bicyclic) bond motifs is 2. The highest BCUT2D eigenvalue weighted by Gasteiger charge is 2.42. The van der Waals surface area contributed by atoms with Gasteiger partial charge in [0, 0.05) is 41.4 Å². The Morgan fingerprint density at radius 3 is 1.77 bits per heavy atom. The number of alkyl halides is 6. The Morgan fingerprint density at radius 1 is 0.606 bits per heavy atom. The average molecular weight is 965 g/mol. The zero-order valence-electron chi connectivity index (χ0n) is 41.7. The lowest BCUT2D eigenvalue weighted by molar-refractivity contribution is -0.143. The first-order valence-corrected chi connectivity index (χ1v) is 23.9. The Morgan fingerprint density at radius 2 is 1.20 bits per heavy atom. The van der Waals surface area contributed by atoms with Gasteiger partial charge in [0.2, 0.25) is 0 Å². The number of anilines is 4. The Bertz CT molecular complexity index is 3090. The molecule has 2 aliphatic heterocycles. The molecule has 2 aliphatic rings. The molecule has 0 N–H and O–H groups in total. The van der Waals surface area contributed by atoms with Crippen molar-refractivity contribution in [2.45, 2.75) is 110 Å². The van der Waals surface area contributed by atoms with Gasteiger partial charge in [0.05, 0.1) is 28.5 Å². The largest absolute Gasteiger partial charge is 0.457 e. The number of pyridine rings is 1. The molecule has 0 saturated carbocycles. The van der Waals surface area contributed by atoms with E-state index in [-0.39, 0.29) is 29.5 Å². The van der Waals surface area contributed by atoms with E-state index in [4.69, 9.17) is 14.7 Å². The normalized spacial score (nSPS) is 16.0. The minimum Gasteiger partial charge on any atom is -0.457 e. The second-order valence-corrected chi connectivity index (χ2v) is 21.6. The summed E-state index contributed by atoms with van der Waals surface area (Å²) in [5.41, 5.74) is 6.26. The van der Waals surface area contributed by atoms with Crippen LogP contribution in [0.4, 0.5) is 49.2 Å². The van der Waals surface area contributed by atoms with Gasteiger partial charge in [0.1, 0.15) is 23.2 Å². The van der Waals surface area contributed by atoms with Crippen LogP contribution in [0.1, 0.15) is 123 Å². The number of aryl methyl sites for hydroxylation is 2. The molecule has 5 nitrogen and oxygen atoms in total. The van der Waals surface area contributed by atoms with Crippen molar-refractivity contribution in [3.63, 3.8) is 0 Å². The minimum atomic E-state index is -5.06. The highest BCUT2D eigenvalue weighted by Crippen LogP contribution is 2.54. The molecule has 0 spiro atoms. The van der Waals surface area contributed by atoms with Gasteiger partial charge in [0.15, 0.2) is 0 Å². The van der Waals surface area contributed by atoms with Crippen molar-refractivity contribution in [1.82, 2.24) is 4.98 Å². The van der Waals surface area contributed by atoms with E-state index in [9.17, 15) is 26.3 Å². The molecule has 71 heavy (non-hydrogen) atoms. The summed E-state index contributed by atoms with van der Waals surface area (Å²) < 4.78 is 94.3. The predicted molar refractivity (Wildman–Crippen MR) is 273 cm³/mol. The number of aliphatic imine (C=N–C) groups is 1. The first-order valence-electron chi connectivity index (χ1n) is 23.9. The maximum atomic E-state index is 14.6. The van der Waals surface area contributed by atoms with Gasteiger partial charge in [-0.15, -0.1) is 0 Å². The topological polar surface area (TPSA) is 41.0 Å². The van der Waals surface area contributed by atoms with E-state index in [1.807, 2.05) is 119 Å². The van der Waals surface area contributed by atoms with Crippen molar-refractivity contribution >= 4 is 28.7 Å². The van der Waals surface area contributed by atoms with E-state index < -0.39 is 46.3 Å². The summed E-state index contributed by atoms with van der Waals surface area (Å²) >= 11 is 0. The number of halogens is 6. The summed E-state index contributed by atoms with van der Waals surface area (Å²) in [6, 6.07) is 40.9. The Hall–Kier alpha value is -6.88. The molecule has 11 heteroatoms. The molecule has 0 unspecified atom stereocenters. The molecule has 0 bridgehead atoms. The number of hydrogen-bond donors (Lipinski definition) is 0. The number of ether oxygens (including phenoxy) is 1. The third-order valence-corrected chi connectivity index (χ3v) is 13.9. The first-order chi connectivity index (χ1) is 33.3. The maximum Gasteiger partial charge on any atom is 0.416 e. The highest BCUT2D eigenvalue weighted by molar-refractivity contribution is 6.12.